The van der Waals surface area contributed by atoms with E-state index in [0.29, 0.717) is 59.6 Å². The van der Waals surface area contributed by atoms with Crippen molar-refractivity contribution in [1.82, 2.24) is 4.90 Å². The fourth-order valence-corrected chi connectivity index (χ4v) is 5.89. The van der Waals surface area contributed by atoms with Crippen LogP contribution in [0.5, 0.6) is 5.75 Å². The van der Waals surface area contributed by atoms with Gasteiger partial charge in [0.05, 0.1) is 12.7 Å². The van der Waals surface area contributed by atoms with E-state index in [-0.39, 0.29) is 29.5 Å². The zero-order chi connectivity index (χ0) is 28.9. The molecule has 2 heterocycles. The van der Waals surface area contributed by atoms with Crippen LogP contribution < -0.4 is 15.0 Å². The van der Waals surface area contributed by atoms with Crippen molar-refractivity contribution < 1.29 is 23.5 Å². The Labute approximate surface area is 240 Å². The van der Waals surface area contributed by atoms with Gasteiger partial charge in [-0.05, 0) is 92.5 Å². The Morgan fingerprint density at radius 3 is 2.46 bits per heavy atom. The number of rotatable bonds is 6. The molecule has 7 nitrogen and oxygen atoms in total. The van der Waals surface area contributed by atoms with Gasteiger partial charge in [-0.2, -0.15) is 0 Å². The highest BCUT2D eigenvalue weighted by Crippen LogP contribution is 2.39. The van der Waals surface area contributed by atoms with E-state index in [0.717, 1.165) is 37.9 Å². The average molecular weight is 558 g/mol. The van der Waals surface area contributed by atoms with Crippen LogP contribution in [-0.4, -0.2) is 49.4 Å². The van der Waals surface area contributed by atoms with Gasteiger partial charge in [-0.3, -0.25) is 14.4 Å². The monoisotopic (exact) mass is 557 g/mol. The number of hydrogen-bond donors (Lipinski definition) is 1. The molecule has 3 aromatic carbocycles. The van der Waals surface area contributed by atoms with Crippen LogP contribution in [0.4, 0.5) is 15.8 Å². The lowest BCUT2D eigenvalue weighted by Gasteiger charge is -2.29. The summed E-state index contributed by atoms with van der Waals surface area (Å²) in [6.07, 6.45) is 4.83. The number of halogens is 1. The van der Waals surface area contributed by atoms with Gasteiger partial charge in [-0.1, -0.05) is 18.2 Å². The van der Waals surface area contributed by atoms with Crippen molar-refractivity contribution in [2.75, 3.05) is 37.0 Å². The Morgan fingerprint density at radius 1 is 0.927 bits per heavy atom. The van der Waals surface area contributed by atoms with Crippen molar-refractivity contribution in [2.45, 2.75) is 51.4 Å². The first kappa shape index (κ1) is 28.3. The molecule has 0 saturated carbocycles. The summed E-state index contributed by atoms with van der Waals surface area (Å²) in [5.74, 6) is -0.682. The van der Waals surface area contributed by atoms with E-state index in [1.54, 1.807) is 35.2 Å². The molecule has 0 aliphatic carbocycles. The Morgan fingerprint density at radius 2 is 1.71 bits per heavy atom. The van der Waals surface area contributed by atoms with Gasteiger partial charge >= 0.3 is 0 Å². The van der Waals surface area contributed by atoms with Crippen molar-refractivity contribution in [3.63, 3.8) is 0 Å². The van der Waals surface area contributed by atoms with E-state index in [2.05, 4.69) is 5.32 Å². The Balaban J connectivity index is 1.39. The van der Waals surface area contributed by atoms with Crippen molar-refractivity contribution in [3.8, 4) is 5.75 Å². The quantitative estimate of drug-likeness (QED) is 0.385. The van der Waals surface area contributed by atoms with E-state index >= 15 is 0 Å². The molecule has 2 aliphatic rings. The number of aryl methyl sites for hydroxylation is 1. The van der Waals surface area contributed by atoms with Crippen molar-refractivity contribution in [1.29, 1.82) is 0 Å². The number of hydrogen-bond acceptors (Lipinski definition) is 4. The lowest BCUT2D eigenvalue weighted by molar-refractivity contribution is -0.132. The molecular weight excluding hydrogens is 521 g/mol. The number of carbonyl (C=O) groups is 3. The second kappa shape index (κ2) is 12.5. The lowest BCUT2D eigenvalue weighted by Crippen LogP contribution is -2.36. The number of nitrogens with one attached hydrogen (secondary N) is 1. The zero-order valence-electron chi connectivity index (χ0n) is 23.6. The second-order valence-corrected chi connectivity index (χ2v) is 10.8. The van der Waals surface area contributed by atoms with Gasteiger partial charge in [-0.25, -0.2) is 4.39 Å². The Bertz CT molecular complexity index is 1450. The fraction of sp³-hybridized carbons (Fsp3) is 0.364. The third-order valence-electron chi connectivity index (χ3n) is 8.11. The summed E-state index contributed by atoms with van der Waals surface area (Å²) in [7, 11) is 1.48. The highest BCUT2D eigenvalue weighted by Gasteiger charge is 2.31. The molecule has 41 heavy (non-hydrogen) atoms. The predicted octanol–water partition coefficient (Wildman–Crippen LogP) is 6.32. The molecule has 1 fully saturated rings. The summed E-state index contributed by atoms with van der Waals surface area (Å²) in [6, 6.07) is 16.7. The fourth-order valence-electron chi connectivity index (χ4n) is 5.89. The topological polar surface area (TPSA) is 79.0 Å². The number of methoxy groups -OCH3 is 1. The third-order valence-corrected chi connectivity index (χ3v) is 8.11. The number of carbonyl (C=O) groups excluding carboxylic acids is 3. The number of anilines is 2. The van der Waals surface area contributed by atoms with Crippen LogP contribution in [0, 0.1) is 12.7 Å². The molecule has 214 valence electrons. The number of amides is 3. The van der Waals surface area contributed by atoms with Crippen LogP contribution in [0.15, 0.2) is 60.7 Å². The first-order valence-corrected chi connectivity index (χ1v) is 14.3. The summed E-state index contributed by atoms with van der Waals surface area (Å²) in [5, 5.41) is 2.88. The standard InChI is InChI=1S/C33H36FN3O4/c1-22-9-4-5-11-26(22)32(39)35-25-13-14-27(30(21-25)41-2)33(40)37-18-8-10-23(28-20-24(34)12-15-29(28)37)19-31(38)36-16-6-3-7-17-36/h4-5,9,11-15,20-21,23H,3,6-8,10,16-19H2,1-2H3,(H,35,39). The molecule has 1 N–H and O–H groups in total. The van der Waals surface area contributed by atoms with Gasteiger partial charge in [0.1, 0.15) is 11.6 Å². The Hall–Kier alpha value is -4.20. The van der Waals surface area contributed by atoms with Gasteiger partial charge in [-0.15, -0.1) is 0 Å². The molecule has 0 spiro atoms. The SMILES string of the molecule is COc1cc(NC(=O)c2ccccc2C)ccc1C(=O)N1CCCC(CC(=O)N2CCCCC2)c2cc(F)ccc21. The molecule has 1 atom stereocenters. The highest BCUT2D eigenvalue weighted by molar-refractivity contribution is 6.09. The number of nitrogens with zero attached hydrogens (tertiary/aromatic N) is 2. The highest BCUT2D eigenvalue weighted by atomic mass is 19.1. The van der Waals surface area contributed by atoms with E-state index in [1.807, 2.05) is 30.0 Å². The van der Waals surface area contributed by atoms with E-state index in [1.165, 1.54) is 19.2 Å². The molecule has 3 amide bonds. The number of likely N-dealkylation sites (tertiary alicyclic amines) is 1. The number of piperidine rings is 1. The average Bonchev–Trinajstić information content (AvgIpc) is 3.16. The summed E-state index contributed by atoms with van der Waals surface area (Å²) >= 11 is 0. The van der Waals surface area contributed by atoms with Crippen LogP contribution >= 0.6 is 0 Å². The molecular formula is C33H36FN3O4. The molecule has 8 heteroatoms. The maximum Gasteiger partial charge on any atom is 0.262 e. The van der Waals surface area contributed by atoms with E-state index < -0.39 is 0 Å². The number of ether oxygens (including phenoxy) is 1. The largest absolute Gasteiger partial charge is 0.496 e. The summed E-state index contributed by atoms with van der Waals surface area (Å²) in [4.78, 5) is 43.5. The Kier molecular flexibility index (Phi) is 8.67. The van der Waals surface area contributed by atoms with E-state index in [4.69, 9.17) is 4.74 Å². The zero-order valence-corrected chi connectivity index (χ0v) is 23.6. The van der Waals surface area contributed by atoms with Crippen molar-refractivity contribution in [3.05, 3.63) is 88.7 Å². The van der Waals surface area contributed by atoms with Crippen LogP contribution in [0.1, 0.15) is 76.3 Å². The first-order valence-electron chi connectivity index (χ1n) is 14.3. The number of benzene rings is 3. The predicted molar refractivity (Wildman–Crippen MR) is 157 cm³/mol. The maximum absolute atomic E-state index is 14.5. The summed E-state index contributed by atoms with van der Waals surface area (Å²) < 4.78 is 20.1. The molecule has 3 aromatic rings. The minimum atomic E-state index is -0.389. The van der Waals surface area contributed by atoms with Crippen LogP contribution in [0.2, 0.25) is 0 Å². The van der Waals surface area contributed by atoms with Crippen molar-refractivity contribution in [2.24, 2.45) is 0 Å². The van der Waals surface area contributed by atoms with E-state index in [9.17, 15) is 18.8 Å². The molecule has 0 bridgehead atoms. The molecule has 1 saturated heterocycles. The van der Waals surface area contributed by atoms with Gasteiger partial charge in [0.2, 0.25) is 5.91 Å². The molecule has 5 rings (SSSR count). The van der Waals surface area contributed by atoms with Gasteiger partial charge < -0.3 is 19.9 Å². The minimum absolute atomic E-state index is 0.0923. The van der Waals surface area contributed by atoms with Crippen LogP contribution in [-0.2, 0) is 4.79 Å². The lowest BCUT2D eigenvalue weighted by atomic mass is 9.90. The first-order chi connectivity index (χ1) is 19.9. The van der Waals surface area contributed by atoms with Gasteiger partial charge in [0.15, 0.2) is 0 Å². The maximum atomic E-state index is 14.5. The smallest absolute Gasteiger partial charge is 0.262 e. The molecule has 0 radical (unpaired) electrons. The van der Waals surface area contributed by atoms with Gasteiger partial charge in [0, 0.05) is 49.1 Å². The third kappa shape index (κ3) is 6.26. The second-order valence-electron chi connectivity index (χ2n) is 10.8. The van der Waals surface area contributed by atoms with Gasteiger partial charge in [0.25, 0.3) is 11.8 Å². The molecule has 0 aromatic heterocycles. The molecule has 1 unspecified atom stereocenters. The molecule has 2 aliphatic heterocycles. The van der Waals surface area contributed by atoms with Crippen LogP contribution in [0.25, 0.3) is 0 Å². The summed E-state index contributed by atoms with van der Waals surface area (Å²) in [6.45, 7) is 3.85. The van der Waals surface area contributed by atoms with Crippen LogP contribution in [0.3, 0.4) is 0 Å². The number of fused-ring (bicyclic) bond motifs is 1. The normalized spacial score (nSPS) is 16.9. The minimum Gasteiger partial charge on any atom is -0.496 e. The summed E-state index contributed by atoms with van der Waals surface area (Å²) in [5.41, 5.74) is 3.55. The van der Waals surface area contributed by atoms with Crippen molar-refractivity contribution >= 4 is 29.1 Å².